The number of nitrogens with zero attached hydrogens (tertiary/aromatic N) is 2. The van der Waals surface area contributed by atoms with Crippen LogP contribution in [-0.2, 0) is 25.2 Å². The Hall–Kier alpha value is -3.84. The maximum atomic E-state index is 12.9. The van der Waals surface area contributed by atoms with Crippen molar-refractivity contribution >= 4 is 39.2 Å². The second-order valence-electron chi connectivity index (χ2n) is 6.87. The van der Waals surface area contributed by atoms with Gasteiger partial charge in [0.2, 0.25) is 15.9 Å². The summed E-state index contributed by atoms with van der Waals surface area (Å²) in [6.07, 6.45) is 0. The van der Waals surface area contributed by atoms with Crippen molar-refractivity contribution in [1.82, 2.24) is 10.2 Å². The molecule has 2 aromatic rings. The summed E-state index contributed by atoms with van der Waals surface area (Å²) >= 11 is 0. The Bertz CT molecular complexity index is 1200. The third-order valence-electron chi connectivity index (χ3n) is 4.68. The summed E-state index contributed by atoms with van der Waals surface area (Å²) < 4.78 is 22.8. The van der Waals surface area contributed by atoms with E-state index in [-0.39, 0.29) is 16.3 Å². The molecule has 12 nitrogen and oxygen atoms in total. The second-order valence-corrected chi connectivity index (χ2v) is 8.43. The summed E-state index contributed by atoms with van der Waals surface area (Å²) in [7, 11) is -3.98. The van der Waals surface area contributed by atoms with Crippen molar-refractivity contribution in [3.63, 3.8) is 0 Å². The highest BCUT2D eigenvalue weighted by Crippen LogP contribution is 2.30. The molecule has 1 fully saturated rings. The van der Waals surface area contributed by atoms with Gasteiger partial charge in [0.05, 0.1) is 9.82 Å². The van der Waals surface area contributed by atoms with Gasteiger partial charge < -0.3 is 10.6 Å². The minimum absolute atomic E-state index is 0.113. The molecule has 13 heteroatoms. The van der Waals surface area contributed by atoms with Crippen molar-refractivity contribution in [2.24, 2.45) is 5.14 Å². The molecule has 31 heavy (non-hydrogen) atoms. The Morgan fingerprint density at radius 3 is 2.45 bits per heavy atom. The third-order valence-corrected chi connectivity index (χ3v) is 5.59. The first-order chi connectivity index (χ1) is 14.4. The highest BCUT2D eigenvalue weighted by molar-refractivity contribution is 7.89. The van der Waals surface area contributed by atoms with E-state index in [0.29, 0.717) is 10.5 Å². The summed E-state index contributed by atoms with van der Waals surface area (Å²) in [4.78, 5) is 48.2. The minimum Gasteiger partial charge on any atom is -0.324 e. The maximum Gasteiger partial charge on any atom is 0.325 e. The normalized spacial score (nSPS) is 18.6. The van der Waals surface area contributed by atoms with E-state index in [2.05, 4.69) is 10.6 Å². The Balaban J connectivity index is 1.75. The minimum atomic E-state index is -3.98. The Labute approximate surface area is 176 Å². The molecule has 1 unspecified atom stereocenters. The van der Waals surface area contributed by atoms with E-state index in [1.165, 1.54) is 49.4 Å². The van der Waals surface area contributed by atoms with Crippen LogP contribution in [0.5, 0.6) is 0 Å². The van der Waals surface area contributed by atoms with Crippen LogP contribution in [0.3, 0.4) is 0 Å². The fourth-order valence-electron chi connectivity index (χ4n) is 3.05. The first-order valence-corrected chi connectivity index (χ1v) is 10.3. The van der Waals surface area contributed by atoms with Crippen LogP contribution in [0, 0.1) is 10.1 Å². The van der Waals surface area contributed by atoms with E-state index in [9.17, 15) is 32.9 Å². The predicted octanol–water partition coefficient (Wildman–Crippen LogP) is 0.648. The number of non-ortho nitro benzene ring substituents is 1. The number of nitrogens with two attached hydrogens (primary N) is 1. The Kier molecular flexibility index (Phi) is 5.48. The Morgan fingerprint density at radius 2 is 1.87 bits per heavy atom. The van der Waals surface area contributed by atoms with Gasteiger partial charge in [-0.25, -0.2) is 18.4 Å². The van der Waals surface area contributed by atoms with Crippen LogP contribution in [0.4, 0.5) is 16.2 Å². The molecular weight excluding hydrogens is 430 g/mol. The summed E-state index contributed by atoms with van der Waals surface area (Å²) in [6, 6.07) is 9.45. The zero-order valence-electron chi connectivity index (χ0n) is 16.1. The van der Waals surface area contributed by atoms with E-state index in [4.69, 9.17) is 5.14 Å². The number of anilines is 1. The maximum absolute atomic E-state index is 12.9. The number of sulfonamides is 1. The van der Waals surface area contributed by atoms with Gasteiger partial charge in [-0.1, -0.05) is 6.07 Å². The van der Waals surface area contributed by atoms with E-state index < -0.39 is 44.9 Å². The molecule has 1 aliphatic heterocycles. The van der Waals surface area contributed by atoms with Gasteiger partial charge in [0.1, 0.15) is 12.1 Å². The molecule has 0 aromatic heterocycles. The topological polar surface area (TPSA) is 182 Å². The lowest BCUT2D eigenvalue weighted by molar-refractivity contribution is -0.384. The van der Waals surface area contributed by atoms with Crippen LogP contribution in [0.15, 0.2) is 53.4 Å². The summed E-state index contributed by atoms with van der Waals surface area (Å²) in [5.74, 6) is -1.47. The number of nitro groups is 1. The molecular formula is C18H17N5O7S. The molecule has 0 saturated carbocycles. The van der Waals surface area contributed by atoms with Gasteiger partial charge in [0.25, 0.3) is 11.6 Å². The smallest absolute Gasteiger partial charge is 0.324 e. The average molecular weight is 447 g/mol. The van der Waals surface area contributed by atoms with Gasteiger partial charge in [0, 0.05) is 17.8 Å². The van der Waals surface area contributed by atoms with Crippen LogP contribution in [-0.4, -0.2) is 42.6 Å². The molecule has 162 valence electrons. The van der Waals surface area contributed by atoms with Crippen LogP contribution in [0.2, 0.25) is 0 Å². The first-order valence-electron chi connectivity index (χ1n) is 8.73. The number of carbonyl (C=O) groups excluding carboxylic acids is 3. The van der Waals surface area contributed by atoms with Crippen molar-refractivity contribution in [3.05, 3.63) is 64.2 Å². The first kappa shape index (κ1) is 21.9. The molecule has 4 N–H and O–H groups in total. The van der Waals surface area contributed by atoms with Gasteiger partial charge in [-0.3, -0.25) is 24.6 Å². The highest BCUT2D eigenvalue weighted by Gasteiger charge is 2.49. The molecule has 0 bridgehead atoms. The molecule has 1 atom stereocenters. The molecule has 3 rings (SSSR count). The van der Waals surface area contributed by atoms with E-state index >= 15 is 0 Å². The number of amides is 4. The number of benzene rings is 2. The summed E-state index contributed by atoms with van der Waals surface area (Å²) in [6.45, 7) is 0.786. The van der Waals surface area contributed by atoms with Crippen molar-refractivity contribution in [1.29, 1.82) is 0 Å². The van der Waals surface area contributed by atoms with Crippen LogP contribution >= 0.6 is 0 Å². The summed E-state index contributed by atoms with van der Waals surface area (Å²) in [5.41, 5.74) is -1.27. The molecule has 4 amide bonds. The largest absolute Gasteiger partial charge is 0.325 e. The van der Waals surface area contributed by atoms with Crippen molar-refractivity contribution in [2.75, 3.05) is 11.9 Å². The second kappa shape index (κ2) is 7.77. The van der Waals surface area contributed by atoms with Crippen LogP contribution < -0.4 is 15.8 Å². The zero-order valence-corrected chi connectivity index (χ0v) is 16.9. The zero-order chi connectivity index (χ0) is 23.0. The molecule has 0 aliphatic carbocycles. The number of rotatable bonds is 6. The molecule has 1 saturated heterocycles. The fourth-order valence-corrected chi connectivity index (χ4v) is 3.61. The van der Waals surface area contributed by atoms with Gasteiger partial charge >= 0.3 is 6.03 Å². The monoisotopic (exact) mass is 447 g/mol. The van der Waals surface area contributed by atoms with Crippen molar-refractivity contribution < 1.29 is 27.7 Å². The number of primary sulfonamides is 1. The van der Waals surface area contributed by atoms with Crippen LogP contribution in [0.1, 0.15) is 12.5 Å². The number of urea groups is 1. The van der Waals surface area contributed by atoms with E-state index in [0.717, 1.165) is 6.07 Å². The van der Waals surface area contributed by atoms with E-state index in [1.54, 1.807) is 0 Å². The van der Waals surface area contributed by atoms with E-state index in [1.807, 2.05) is 0 Å². The number of nitrogens with one attached hydrogen (secondary N) is 2. The molecule has 1 heterocycles. The predicted molar refractivity (Wildman–Crippen MR) is 107 cm³/mol. The fraction of sp³-hybridized carbons (Fsp3) is 0.167. The molecule has 2 aromatic carbocycles. The SMILES string of the molecule is CC1(c2ccc([N+](=O)[O-])cc2)NC(=O)N(CC(=O)Nc2cccc(S(N)(=O)=O)c2)C1=O. The van der Waals surface area contributed by atoms with Crippen LogP contribution in [0.25, 0.3) is 0 Å². The van der Waals surface area contributed by atoms with Gasteiger partial charge in [0.15, 0.2) is 0 Å². The number of nitro benzene ring substituents is 1. The number of hydrogen-bond acceptors (Lipinski definition) is 7. The molecule has 1 aliphatic rings. The summed E-state index contributed by atoms with van der Waals surface area (Å²) in [5, 5.41) is 20.7. The number of imide groups is 1. The third kappa shape index (κ3) is 4.36. The quantitative estimate of drug-likeness (QED) is 0.330. The van der Waals surface area contributed by atoms with Gasteiger partial charge in [-0.2, -0.15) is 0 Å². The lowest BCUT2D eigenvalue weighted by Gasteiger charge is -2.22. The lowest BCUT2D eigenvalue weighted by Crippen LogP contribution is -2.42. The van der Waals surface area contributed by atoms with Crippen molar-refractivity contribution in [2.45, 2.75) is 17.4 Å². The molecule has 0 spiro atoms. The van der Waals surface area contributed by atoms with Crippen molar-refractivity contribution in [3.8, 4) is 0 Å². The van der Waals surface area contributed by atoms with Gasteiger partial charge in [-0.15, -0.1) is 0 Å². The Morgan fingerprint density at radius 1 is 1.23 bits per heavy atom. The number of carbonyl (C=O) groups is 3. The lowest BCUT2D eigenvalue weighted by atomic mass is 9.92. The standard InChI is InChI=1S/C18H17N5O7S/c1-18(11-5-7-13(8-6-11)23(27)28)16(25)22(17(26)21-18)10-15(24)20-12-3-2-4-14(9-12)31(19,29)30/h2-9H,10H2,1H3,(H,20,24)(H,21,26)(H2,19,29,30). The highest BCUT2D eigenvalue weighted by atomic mass is 32.2. The molecule has 0 radical (unpaired) electrons. The number of hydrogen-bond donors (Lipinski definition) is 3. The van der Waals surface area contributed by atoms with Gasteiger partial charge in [-0.05, 0) is 42.8 Å². The average Bonchev–Trinajstić information content (AvgIpc) is 2.91.